The summed E-state index contributed by atoms with van der Waals surface area (Å²) in [5.41, 5.74) is 2.19. The number of para-hydroxylation sites is 1. The average Bonchev–Trinajstić information content (AvgIpc) is 2.79. The van der Waals surface area contributed by atoms with E-state index in [1.165, 1.54) is 4.68 Å². The first-order valence-electron chi connectivity index (χ1n) is 9.63. The summed E-state index contributed by atoms with van der Waals surface area (Å²) in [7, 11) is 1.58. The molecule has 1 aromatic heterocycles. The van der Waals surface area contributed by atoms with E-state index in [4.69, 9.17) is 21.1 Å². The number of hydrogen-bond acceptors (Lipinski definition) is 5. The Morgan fingerprint density at radius 3 is 2.61 bits per heavy atom. The molecule has 156 valence electrons. The van der Waals surface area contributed by atoms with E-state index in [0.29, 0.717) is 39.9 Å². The lowest BCUT2D eigenvalue weighted by Gasteiger charge is -2.11. The number of hydrogen-bond donors (Lipinski definition) is 0. The van der Waals surface area contributed by atoms with Crippen molar-refractivity contribution in [2.75, 3.05) is 7.11 Å². The molecule has 0 aliphatic heterocycles. The maximum Gasteiger partial charge on any atom is 0.282 e. The molecule has 0 saturated heterocycles. The summed E-state index contributed by atoms with van der Waals surface area (Å²) < 4.78 is 12.6. The van der Waals surface area contributed by atoms with Crippen molar-refractivity contribution < 1.29 is 9.47 Å². The molecule has 0 radical (unpaired) electrons. The Morgan fingerprint density at radius 1 is 1.06 bits per heavy atom. The number of ether oxygens (including phenoxy) is 2. The minimum Gasteiger partial charge on any atom is -0.493 e. The van der Waals surface area contributed by atoms with E-state index < -0.39 is 0 Å². The lowest BCUT2D eigenvalue weighted by atomic mass is 10.2. The van der Waals surface area contributed by atoms with Gasteiger partial charge in [0.1, 0.15) is 12.4 Å². The van der Waals surface area contributed by atoms with E-state index >= 15 is 0 Å². The summed E-state index contributed by atoms with van der Waals surface area (Å²) in [6, 6.07) is 20.1. The molecule has 0 aliphatic rings. The van der Waals surface area contributed by atoms with Crippen LogP contribution in [0.2, 0.25) is 5.02 Å². The predicted molar refractivity (Wildman–Crippen MR) is 123 cm³/mol. The highest BCUT2D eigenvalue weighted by Gasteiger charge is 2.08. The van der Waals surface area contributed by atoms with Crippen molar-refractivity contribution in [1.82, 2.24) is 9.66 Å². The summed E-state index contributed by atoms with van der Waals surface area (Å²) in [5.74, 6) is 1.68. The van der Waals surface area contributed by atoms with Crippen LogP contribution in [0.15, 0.2) is 76.6 Å². The number of aromatic nitrogens is 2. The molecule has 7 heteroatoms. The van der Waals surface area contributed by atoms with Crippen molar-refractivity contribution in [3.63, 3.8) is 0 Å². The highest BCUT2D eigenvalue weighted by molar-refractivity contribution is 6.30. The fourth-order valence-corrected chi connectivity index (χ4v) is 3.25. The third-order valence-electron chi connectivity index (χ3n) is 4.73. The third kappa shape index (κ3) is 4.59. The van der Waals surface area contributed by atoms with E-state index in [0.717, 1.165) is 11.1 Å². The largest absolute Gasteiger partial charge is 0.493 e. The van der Waals surface area contributed by atoms with Crippen LogP contribution in [0.5, 0.6) is 11.5 Å². The molecular formula is C24H20ClN3O3. The normalized spacial score (nSPS) is 11.2. The van der Waals surface area contributed by atoms with Crippen LogP contribution in [-0.2, 0) is 6.61 Å². The molecule has 31 heavy (non-hydrogen) atoms. The second kappa shape index (κ2) is 9.02. The van der Waals surface area contributed by atoms with E-state index in [1.54, 1.807) is 32.4 Å². The molecule has 0 bridgehead atoms. The molecule has 0 atom stereocenters. The third-order valence-corrected chi connectivity index (χ3v) is 4.99. The average molecular weight is 434 g/mol. The van der Waals surface area contributed by atoms with Crippen LogP contribution in [0.25, 0.3) is 10.9 Å². The summed E-state index contributed by atoms with van der Waals surface area (Å²) in [6.07, 6.45) is 1.59. The van der Waals surface area contributed by atoms with Crippen LogP contribution >= 0.6 is 11.6 Å². The quantitative estimate of drug-likeness (QED) is 0.408. The molecule has 0 saturated carbocycles. The van der Waals surface area contributed by atoms with Gasteiger partial charge in [-0.2, -0.15) is 9.78 Å². The number of aryl methyl sites for hydroxylation is 1. The SMILES string of the molecule is COc1cc(C=Nn2c(C)nc3ccccc3c2=O)ccc1OCc1ccc(Cl)cc1. The van der Waals surface area contributed by atoms with Crippen molar-refractivity contribution in [2.24, 2.45) is 5.10 Å². The van der Waals surface area contributed by atoms with Crippen molar-refractivity contribution >= 4 is 28.7 Å². The second-order valence-corrected chi connectivity index (χ2v) is 7.30. The summed E-state index contributed by atoms with van der Waals surface area (Å²) in [5, 5.41) is 5.54. The Kier molecular flexibility index (Phi) is 6.00. The number of rotatable bonds is 6. The van der Waals surface area contributed by atoms with Gasteiger partial charge in [-0.05, 0) is 60.5 Å². The Morgan fingerprint density at radius 2 is 1.84 bits per heavy atom. The molecule has 0 spiro atoms. The minimum atomic E-state index is -0.214. The van der Waals surface area contributed by atoms with Gasteiger partial charge >= 0.3 is 0 Å². The van der Waals surface area contributed by atoms with Gasteiger partial charge in [-0.15, -0.1) is 0 Å². The standard InChI is InChI=1S/C24H20ClN3O3/c1-16-27-21-6-4-3-5-20(21)24(29)28(16)26-14-18-9-12-22(23(13-18)30-2)31-15-17-7-10-19(25)11-8-17/h3-14H,15H2,1-2H3. The van der Waals surface area contributed by atoms with Crippen molar-refractivity contribution in [2.45, 2.75) is 13.5 Å². The molecule has 0 aliphatic carbocycles. The topological polar surface area (TPSA) is 65.7 Å². The van der Waals surface area contributed by atoms with Gasteiger partial charge in [0.2, 0.25) is 0 Å². The molecule has 0 unspecified atom stereocenters. The molecule has 6 nitrogen and oxygen atoms in total. The minimum absolute atomic E-state index is 0.214. The van der Waals surface area contributed by atoms with Gasteiger partial charge in [0.15, 0.2) is 11.5 Å². The van der Waals surface area contributed by atoms with Crippen LogP contribution in [0.3, 0.4) is 0 Å². The van der Waals surface area contributed by atoms with Crippen molar-refractivity contribution in [3.8, 4) is 11.5 Å². The zero-order chi connectivity index (χ0) is 21.8. The molecule has 0 N–H and O–H groups in total. The van der Waals surface area contributed by atoms with Crippen LogP contribution < -0.4 is 15.0 Å². The number of nitrogens with zero attached hydrogens (tertiary/aromatic N) is 3. The molecule has 4 aromatic rings. The molecule has 4 rings (SSSR count). The summed E-state index contributed by atoms with van der Waals surface area (Å²) >= 11 is 5.92. The highest BCUT2D eigenvalue weighted by atomic mass is 35.5. The number of benzene rings is 3. The van der Waals surface area contributed by atoms with Crippen molar-refractivity contribution in [3.05, 3.63) is 99.1 Å². The summed E-state index contributed by atoms with van der Waals surface area (Å²) in [6.45, 7) is 2.14. The zero-order valence-corrected chi connectivity index (χ0v) is 17.8. The van der Waals surface area contributed by atoms with Gasteiger partial charge in [0.25, 0.3) is 5.56 Å². The second-order valence-electron chi connectivity index (χ2n) is 6.86. The molecule has 0 amide bonds. The lowest BCUT2D eigenvalue weighted by Crippen LogP contribution is -2.20. The van der Waals surface area contributed by atoms with Crippen LogP contribution in [-0.4, -0.2) is 23.0 Å². The number of halogens is 1. The lowest BCUT2D eigenvalue weighted by molar-refractivity contribution is 0.284. The Bertz CT molecular complexity index is 1310. The van der Waals surface area contributed by atoms with Gasteiger partial charge in [-0.25, -0.2) is 4.98 Å². The predicted octanol–water partition coefficient (Wildman–Crippen LogP) is 4.83. The van der Waals surface area contributed by atoms with E-state index in [-0.39, 0.29) is 5.56 Å². The van der Waals surface area contributed by atoms with E-state index in [9.17, 15) is 4.79 Å². The van der Waals surface area contributed by atoms with Gasteiger partial charge < -0.3 is 9.47 Å². The van der Waals surface area contributed by atoms with Gasteiger partial charge in [-0.3, -0.25) is 4.79 Å². The first-order valence-corrected chi connectivity index (χ1v) is 10.0. The molecular weight excluding hydrogens is 414 g/mol. The van der Waals surface area contributed by atoms with E-state index in [1.807, 2.05) is 54.6 Å². The van der Waals surface area contributed by atoms with Gasteiger partial charge in [-0.1, -0.05) is 35.9 Å². The molecule has 3 aromatic carbocycles. The Labute approximate surface area is 184 Å². The monoisotopic (exact) mass is 433 g/mol. The zero-order valence-electron chi connectivity index (χ0n) is 17.1. The highest BCUT2D eigenvalue weighted by Crippen LogP contribution is 2.28. The number of methoxy groups -OCH3 is 1. The fourth-order valence-electron chi connectivity index (χ4n) is 3.12. The number of fused-ring (bicyclic) bond motifs is 1. The first kappa shape index (κ1) is 20.6. The maximum atomic E-state index is 12.7. The Balaban J connectivity index is 1.57. The van der Waals surface area contributed by atoms with Crippen LogP contribution in [0.1, 0.15) is 17.0 Å². The smallest absolute Gasteiger partial charge is 0.282 e. The first-order chi connectivity index (χ1) is 15.0. The molecule has 0 fully saturated rings. The Hall–Kier alpha value is -3.64. The van der Waals surface area contributed by atoms with Crippen LogP contribution in [0.4, 0.5) is 0 Å². The van der Waals surface area contributed by atoms with Gasteiger partial charge in [0.05, 0.1) is 24.2 Å². The summed E-state index contributed by atoms with van der Waals surface area (Å²) in [4.78, 5) is 17.2. The van der Waals surface area contributed by atoms with Gasteiger partial charge in [0, 0.05) is 5.02 Å². The van der Waals surface area contributed by atoms with E-state index in [2.05, 4.69) is 10.1 Å². The fraction of sp³-hybridized carbons (Fsp3) is 0.125. The van der Waals surface area contributed by atoms with Crippen LogP contribution in [0, 0.1) is 6.92 Å². The van der Waals surface area contributed by atoms with Crippen molar-refractivity contribution in [1.29, 1.82) is 0 Å². The molecule has 1 heterocycles. The maximum absolute atomic E-state index is 12.7.